The number of hydrogen-bond acceptors (Lipinski definition) is 5. The van der Waals surface area contributed by atoms with E-state index in [1.807, 2.05) is 19.0 Å². The van der Waals surface area contributed by atoms with Crippen LogP contribution in [0.3, 0.4) is 0 Å². The van der Waals surface area contributed by atoms with E-state index < -0.39 is 11.7 Å². The first-order valence-electron chi connectivity index (χ1n) is 9.14. The van der Waals surface area contributed by atoms with Crippen molar-refractivity contribution in [2.75, 3.05) is 27.2 Å². The normalized spacial score (nSPS) is 17.5. The maximum absolute atomic E-state index is 12.8. The third kappa shape index (κ3) is 5.09. The Hall–Kier alpha value is -2.42. The Morgan fingerprint density at radius 3 is 2.71 bits per heavy atom. The summed E-state index contributed by atoms with van der Waals surface area (Å²) in [4.78, 5) is 16.3. The van der Waals surface area contributed by atoms with Gasteiger partial charge in [0.2, 0.25) is 17.7 Å². The zero-order valence-corrected chi connectivity index (χ0v) is 15.9. The lowest BCUT2D eigenvalue weighted by Gasteiger charge is -2.20. The molecule has 1 unspecified atom stereocenters. The lowest BCUT2D eigenvalue weighted by Crippen LogP contribution is -2.34. The highest BCUT2D eigenvalue weighted by atomic mass is 19.4. The number of likely N-dealkylation sites (tertiary alicyclic amines) is 1. The third-order valence-corrected chi connectivity index (χ3v) is 4.92. The van der Waals surface area contributed by atoms with Gasteiger partial charge in [-0.2, -0.15) is 13.2 Å². The van der Waals surface area contributed by atoms with Crippen molar-refractivity contribution < 1.29 is 22.4 Å². The van der Waals surface area contributed by atoms with Crippen molar-refractivity contribution in [1.29, 1.82) is 0 Å². The van der Waals surface area contributed by atoms with Crippen LogP contribution in [-0.2, 0) is 23.8 Å². The molecule has 0 N–H and O–H groups in total. The molecule has 0 aliphatic carbocycles. The maximum Gasteiger partial charge on any atom is 0.416 e. The molecule has 0 radical (unpaired) electrons. The Morgan fingerprint density at radius 1 is 1.29 bits per heavy atom. The van der Waals surface area contributed by atoms with Gasteiger partial charge in [0.05, 0.1) is 12.0 Å². The van der Waals surface area contributed by atoms with Crippen LogP contribution in [0.2, 0.25) is 0 Å². The summed E-state index contributed by atoms with van der Waals surface area (Å²) in [6.07, 6.45) is -2.73. The van der Waals surface area contributed by atoms with Crippen LogP contribution in [0.4, 0.5) is 13.2 Å². The highest BCUT2D eigenvalue weighted by molar-refractivity contribution is 5.76. The van der Waals surface area contributed by atoms with Crippen LogP contribution in [0.5, 0.6) is 0 Å². The van der Waals surface area contributed by atoms with Gasteiger partial charge in [-0.25, -0.2) is 0 Å². The van der Waals surface area contributed by atoms with E-state index in [2.05, 4.69) is 15.1 Å². The molecular formula is C19H23F3N4O2. The quantitative estimate of drug-likeness (QED) is 0.752. The van der Waals surface area contributed by atoms with Gasteiger partial charge in [-0.05, 0) is 32.1 Å². The summed E-state index contributed by atoms with van der Waals surface area (Å²) in [6, 6.07) is 5.41. The summed E-state index contributed by atoms with van der Waals surface area (Å²) in [7, 11) is 4.01. The van der Waals surface area contributed by atoms with Crippen molar-refractivity contribution in [3.8, 4) is 0 Å². The van der Waals surface area contributed by atoms with Gasteiger partial charge in [0.25, 0.3) is 0 Å². The molecule has 1 aromatic carbocycles. The van der Waals surface area contributed by atoms with Crippen LogP contribution < -0.4 is 0 Å². The SMILES string of the molecule is CN(C)C1CCN(C(=O)CCc2nnc(Cc3cccc(C(F)(F)F)c3)o2)C1. The molecule has 1 amide bonds. The van der Waals surface area contributed by atoms with Gasteiger partial charge in [0, 0.05) is 32.0 Å². The van der Waals surface area contributed by atoms with Crippen LogP contribution in [-0.4, -0.2) is 59.1 Å². The molecule has 0 bridgehead atoms. The summed E-state index contributed by atoms with van der Waals surface area (Å²) in [5.41, 5.74) is -0.273. The van der Waals surface area contributed by atoms with Crippen molar-refractivity contribution in [1.82, 2.24) is 20.0 Å². The summed E-state index contributed by atoms with van der Waals surface area (Å²) in [6.45, 7) is 1.46. The number of aryl methyl sites for hydroxylation is 1. The summed E-state index contributed by atoms with van der Waals surface area (Å²) in [5, 5.41) is 7.79. The van der Waals surface area contributed by atoms with E-state index in [1.165, 1.54) is 6.07 Å². The fraction of sp³-hybridized carbons (Fsp3) is 0.526. The fourth-order valence-electron chi connectivity index (χ4n) is 3.25. The van der Waals surface area contributed by atoms with Crippen molar-refractivity contribution in [2.45, 2.75) is 37.9 Å². The first-order chi connectivity index (χ1) is 13.2. The standard InChI is InChI=1S/C19H23F3N4O2/c1-25(2)15-8-9-26(12-15)18(27)7-6-16-23-24-17(28-16)11-13-4-3-5-14(10-13)19(20,21)22/h3-5,10,15H,6-9,11-12H2,1-2H3. The minimum atomic E-state index is -4.39. The van der Waals surface area contributed by atoms with Crippen LogP contribution >= 0.6 is 0 Å². The topological polar surface area (TPSA) is 62.5 Å². The number of aromatic nitrogens is 2. The number of halogens is 3. The second-order valence-electron chi connectivity index (χ2n) is 7.21. The Bertz CT molecular complexity index is 820. The molecule has 2 heterocycles. The predicted molar refractivity (Wildman–Crippen MR) is 95.5 cm³/mol. The predicted octanol–water partition coefficient (Wildman–Crippen LogP) is 2.77. The van der Waals surface area contributed by atoms with E-state index in [-0.39, 0.29) is 24.6 Å². The number of amides is 1. The van der Waals surface area contributed by atoms with Crippen molar-refractivity contribution >= 4 is 5.91 Å². The number of alkyl halides is 3. The molecule has 3 rings (SSSR count). The molecule has 0 spiro atoms. The minimum absolute atomic E-state index is 0.0435. The molecule has 152 valence electrons. The average Bonchev–Trinajstić information content (AvgIpc) is 3.29. The molecule has 0 saturated carbocycles. The maximum atomic E-state index is 12.8. The molecule has 1 saturated heterocycles. The monoisotopic (exact) mass is 396 g/mol. The molecule has 2 aromatic rings. The van der Waals surface area contributed by atoms with Gasteiger partial charge in [0.15, 0.2) is 0 Å². The number of carbonyl (C=O) groups excluding carboxylic acids is 1. The van der Waals surface area contributed by atoms with E-state index >= 15 is 0 Å². The molecule has 1 atom stereocenters. The molecule has 6 nitrogen and oxygen atoms in total. The van der Waals surface area contributed by atoms with Crippen LogP contribution in [0.25, 0.3) is 0 Å². The highest BCUT2D eigenvalue weighted by Crippen LogP contribution is 2.30. The number of rotatable bonds is 6. The van der Waals surface area contributed by atoms with Crippen LogP contribution in [0.15, 0.2) is 28.7 Å². The van der Waals surface area contributed by atoms with E-state index in [0.717, 1.165) is 31.6 Å². The van der Waals surface area contributed by atoms with Crippen molar-refractivity contribution in [2.24, 2.45) is 0 Å². The lowest BCUT2D eigenvalue weighted by atomic mass is 10.1. The van der Waals surface area contributed by atoms with Gasteiger partial charge in [-0.15, -0.1) is 10.2 Å². The number of carbonyl (C=O) groups is 1. The second-order valence-corrected chi connectivity index (χ2v) is 7.21. The van der Waals surface area contributed by atoms with Gasteiger partial charge < -0.3 is 14.2 Å². The molecule has 1 aliphatic heterocycles. The Balaban J connectivity index is 1.53. The Kier molecular flexibility index (Phi) is 6.02. The number of nitrogens with zero attached hydrogens (tertiary/aromatic N) is 4. The smallest absolute Gasteiger partial charge is 0.416 e. The largest absolute Gasteiger partial charge is 0.425 e. The molecular weight excluding hydrogens is 373 g/mol. The Labute approximate surface area is 161 Å². The Morgan fingerprint density at radius 2 is 2.04 bits per heavy atom. The van der Waals surface area contributed by atoms with Gasteiger partial charge in [0.1, 0.15) is 0 Å². The first-order valence-corrected chi connectivity index (χ1v) is 9.14. The van der Waals surface area contributed by atoms with E-state index in [4.69, 9.17) is 4.42 Å². The zero-order valence-electron chi connectivity index (χ0n) is 15.9. The van der Waals surface area contributed by atoms with E-state index in [1.54, 1.807) is 6.07 Å². The summed E-state index contributed by atoms with van der Waals surface area (Å²) in [5.74, 6) is 0.594. The molecule has 1 fully saturated rings. The van der Waals surface area contributed by atoms with Crippen molar-refractivity contribution in [3.63, 3.8) is 0 Å². The van der Waals surface area contributed by atoms with E-state index in [0.29, 0.717) is 23.9 Å². The van der Waals surface area contributed by atoms with Gasteiger partial charge in [-0.3, -0.25) is 4.79 Å². The lowest BCUT2D eigenvalue weighted by molar-refractivity contribution is -0.137. The van der Waals surface area contributed by atoms with Gasteiger partial charge >= 0.3 is 6.18 Å². The number of likely N-dealkylation sites (N-methyl/N-ethyl adjacent to an activating group) is 1. The molecule has 9 heteroatoms. The second kappa shape index (κ2) is 8.30. The minimum Gasteiger partial charge on any atom is -0.425 e. The third-order valence-electron chi connectivity index (χ3n) is 4.92. The fourth-order valence-corrected chi connectivity index (χ4v) is 3.25. The van der Waals surface area contributed by atoms with E-state index in [9.17, 15) is 18.0 Å². The van der Waals surface area contributed by atoms with Crippen LogP contribution in [0, 0.1) is 0 Å². The van der Waals surface area contributed by atoms with Gasteiger partial charge in [-0.1, -0.05) is 18.2 Å². The molecule has 1 aromatic heterocycles. The average molecular weight is 396 g/mol. The summed E-state index contributed by atoms with van der Waals surface area (Å²) < 4.78 is 43.9. The number of hydrogen-bond donors (Lipinski definition) is 0. The van der Waals surface area contributed by atoms with Crippen molar-refractivity contribution in [3.05, 3.63) is 47.2 Å². The number of benzene rings is 1. The molecule has 1 aliphatic rings. The first kappa shape index (κ1) is 20.3. The highest BCUT2D eigenvalue weighted by Gasteiger charge is 2.30. The van der Waals surface area contributed by atoms with Crippen LogP contribution in [0.1, 0.15) is 35.7 Å². The summed E-state index contributed by atoms with van der Waals surface area (Å²) >= 11 is 0. The molecule has 28 heavy (non-hydrogen) atoms. The zero-order chi connectivity index (χ0) is 20.3.